The second-order valence-electron chi connectivity index (χ2n) is 9.03. The number of benzene rings is 1. The Bertz CT molecular complexity index is 864. The molecule has 9 nitrogen and oxygen atoms in total. The standard InChI is InChI=1S/C24H37N3O6S/c1-8-9-27(22(30)18(14-34)26-23(31)33-24(4,5)6)20(21(29)25-13-19(28)32-7)17-11-15(2)10-16(3)12-17/h10-12,18,20,34H,8-9,13-14H2,1-7H3,(H,25,29)(H,26,31). The van der Waals surface area contributed by atoms with Crippen molar-refractivity contribution < 1.29 is 28.7 Å². The molecular weight excluding hydrogens is 458 g/mol. The maximum atomic E-state index is 13.6. The van der Waals surface area contributed by atoms with Crippen molar-refractivity contribution in [2.45, 2.75) is 65.6 Å². The third-order valence-corrected chi connectivity index (χ3v) is 5.04. The van der Waals surface area contributed by atoms with E-state index in [0.717, 1.165) is 11.1 Å². The van der Waals surface area contributed by atoms with E-state index in [1.54, 1.807) is 20.8 Å². The second-order valence-corrected chi connectivity index (χ2v) is 9.40. The predicted octanol–water partition coefficient (Wildman–Crippen LogP) is 2.70. The van der Waals surface area contributed by atoms with Crippen molar-refractivity contribution in [2.75, 3.05) is 26.0 Å². The number of esters is 1. The van der Waals surface area contributed by atoms with Gasteiger partial charge in [-0.1, -0.05) is 36.2 Å². The first-order valence-corrected chi connectivity index (χ1v) is 11.8. The zero-order valence-corrected chi connectivity index (χ0v) is 22.0. The summed E-state index contributed by atoms with van der Waals surface area (Å²) in [5.74, 6) is -1.63. The van der Waals surface area contributed by atoms with Gasteiger partial charge < -0.3 is 25.0 Å². The molecule has 1 aromatic carbocycles. The number of methoxy groups -OCH3 is 1. The normalized spacial score (nSPS) is 12.8. The average molecular weight is 496 g/mol. The van der Waals surface area contributed by atoms with Crippen molar-refractivity contribution in [2.24, 2.45) is 0 Å². The van der Waals surface area contributed by atoms with Crippen LogP contribution >= 0.6 is 12.6 Å². The molecule has 0 aliphatic carbocycles. The van der Waals surface area contributed by atoms with Gasteiger partial charge in [0.15, 0.2) is 0 Å². The molecule has 0 saturated heterocycles. The molecule has 34 heavy (non-hydrogen) atoms. The van der Waals surface area contributed by atoms with Gasteiger partial charge in [0.05, 0.1) is 7.11 Å². The molecule has 10 heteroatoms. The molecule has 0 bridgehead atoms. The van der Waals surface area contributed by atoms with Gasteiger partial charge in [0.1, 0.15) is 24.2 Å². The van der Waals surface area contributed by atoms with Crippen LogP contribution in [0.2, 0.25) is 0 Å². The molecule has 1 aromatic rings. The lowest BCUT2D eigenvalue weighted by atomic mass is 9.98. The van der Waals surface area contributed by atoms with E-state index in [4.69, 9.17) is 4.74 Å². The monoisotopic (exact) mass is 495 g/mol. The number of hydrogen-bond acceptors (Lipinski definition) is 7. The number of nitrogens with one attached hydrogen (secondary N) is 2. The van der Waals surface area contributed by atoms with Gasteiger partial charge in [0.2, 0.25) is 11.8 Å². The molecule has 2 N–H and O–H groups in total. The smallest absolute Gasteiger partial charge is 0.408 e. The quantitative estimate of drug-likeness (QED) is 0.340. The van der Waals surface area contributed by atoms with Gasteiger partial charge in [-0.25, -0.2) is 4.79 Å². The van der Waals surface area contributed by atoms with E-state index in [0.29, 0.717) is 12.0 Å². The number of amides is 3. The van der Waals surface area contributed by atoms with Crippen molar-refractivity contribution in [3.05, 3.63) is 34.9 Å². The summed E-state index contributed by atoms with van der Waals surface area (Å²) in [4.78, 5) is 52.2. The van der Waals surface area contributed by atoms with Crippen molar-refractivity contribution in [3.8, 4) is 0 Å². The highest BCUT2D eigenvalue weighted by molar-refractivity contribution is 7.80. The Kier molecular flexibility index (Phi) is 11.4. The number of aryl methyl sites for hydroxylation is 2. The maximum Gasteiger partial charge on any atom is 0.408 e. The van der Waals surface area contributed by atoms with Crippen molar-refractivity contribution in [1.82, 2.24) is 15.5 Å². The van der Waals surface area contributed by atoms with Crippen molar-refractivity contribution >= 4 is 36.5 Å². The molecule has 3 amide bonds. The lowest BCUT2D eigenvalue weighted by Crippen LogP contribution is -2.54. The van der Waals surface area contributed by atoms with E-state index >= 15 is 0 Å². The van der Waals surface area contributed by atoms with E-state index in [9.17, 15) is 19.2 Å². The Balaban J connectivity index is 3.37. The molecule has 0 aromatic heterocycles. The maximum absolute atomic E-state index is 13.6. The van der Waals surface area contributed by atoms with E-state index in [-0.39, 0.29) is 18.8 Å². The Morgan fingerprint density at radius 3 is 2.15 bits per heavy atom. The third-order valence-electron chi connectivity index (χ3n) is 4.67. The Labute approximate surface area is 207 Å². The minimum absolute atomic E-state index is 0.00162. The molecule has 0 spiro atoms. The molecule has 0 heterocycles. The van der Waals surface area contributed by atoms with Crippen molar-refractivity contribution in [3.63, 3.8) is 0 Å². The molecule has 2 unspecified atom stereocenters. The number of nitrogens with zero attached hydrogens (tertiary/aromatic N) is 1. The minimum atomic E-state index is -1.03. The van der Waals surface area contributed by atoms with Crippen LogP contribution in [0.1, 0.15) is 56.8 Å². The summed E-state index contributed by atoms with van der Waals surface area (Å²) in [5, 5.41) is 5.11. The zero-order chi connectivity index (χ0) is 26.1. The van der Waals surface area contributed by atoms with Crippen molar-refractivity contribution in [1.29, 1.82) is 0 Å². The zero-order valence-electron chi connectivity index (χ0n) is 21.1. The van der Waals surface area contributed by atoms with Gasteiger partial charge in [-0.3, -0.25) is 14.4 Å². The topological polar surface area (TPSA) is 114 Å². The molecule has 190 valence electrons. The summed E-state index contributed by atoms with van der Waals surface area (Å²) in [6, 6.07) is 3.55. The van der Waals surface area contributed by atoms with Crippen LogP contribution in [-0.2, 0) is 23.9 Å². The number of carbonyl (C=O) groups excluding carboxylic acids is 4. The Morgan fingerprint density at radius 1 is 1.09 bits per heavy atom. The highest BCUT2D eigenvalue weighted by Gasteiger charge is 2.35. The van der Waals surface area contributed by atoms with Gasteiger partial charge >= 0.3 is 12.1 Å². The first-order chi connectivity index (χ1) is 15.8. The summed E-state index contributed by atoms with van der Waals surface area (Å²) >= 11 is 4.25. The number of rotatable bonds is 10. The van der Waals surface area contributed by atoms with Crippen LogP contribution in [0, 0.1) is 13.8 Å². The molecule has 2 atom stereocenters. The van der Waals surface area contributed by atoms with Gasteiger partial charge in [0, 0.05) is 12.3 Å². The van der Waals surface area contributed by atoms with E-state index in [1.807, 2.05) is 39.0 Å². The largest absolute Gasteiger partial charge is 0.468 e. The Hall–Kier alpha value is -2.75. The summed E-state index contributed by atoms with van der Waals surface area (Å²) < 4.78 is 9.89. The summed E-state index contributed by atoms with van der Waals surface area (Å²) in [7, 11) is 1.22. The van der Waals surface area contributed by atoms with Crippen LogP contribution in [0.5, 0.6) is 0 Å². The van der Waals surface area contributed by atoms with Gasteiger partial charge in [-0.05, 0) is 46.6 Å². The van der Waals surface area contributed by atoms with Gasteiger partial charge in [-0.15, -0.1) is 0 Å². The number of hydrogen-bond donors (Lipinski definition) is 3. The fourth-order valence-electron chi connectivity index (χ4n) is 3.41. The van der Waals surface area contributed by atoms with Crippen LogP contribution in [0.4, 0.5) is 4.79 Å². The molecule has 0 radical (unpaired) electrons. The molecule has 0 saturated carbocycles. The van der Waals surface area contributed by atoms with E-state index < -0.39 is 41.6 Å². The van der Waals surface area contributed by atoms with Crippen LogP contribution in [0.15, 0.2) is 18.2 Å². The third kappa shape index (κ3) is 9.24. The van der Waals surface area contributed by atoms with Crippen LogP contribution in [-0.4, -0.2) is 66.4 Å². The highest BCUT2D eigenvalue weighted by atomic mass is 32.1. The fourth-order valence-corrected chi connectivity index (χ4v) is 3.66. The highest BCUT2D eigenvalue weighted by Crippen LogP contribution is 2.25. The summed E-state index contributed by atoms with van der Waals surface area (Å²) in [6.07, 6.45) is -0.197. The predicted molar refractivity (Wildman–Crippen MR) is 133 cm³/mol. The Morgan fingerprint density at radius 2 is 1.68 bits per heavy atom. The minimum Gasteiger partial charge on any atom is -0.468 e. The molecule has 0 fully saturated rings. The molecular formula is C24H37N3O6S. The van der Waals surface area contributed by atoms with E-state index in [2.05, 4.69) is 28.0 Å². The lowest BCUT2D eigenvalue weighted by Gasteiger charge is -2.34. The number of carbonyl (C=O) groups is 4. The SMILES string of the molecule is CCCN(C(=O)C(CS)NC(=O)OC(C)(C)C)C(C(=O)NCC(=O)OC)c1cc(C)cc(C)c1. The molecule has 0 aliphatic rings. The molecule has 1 rings (SSSR count). The fraction of sp³-hybridized carbons (Fsp3) is 0.583. The number of thiol groups is 1. The first-order valence-electron chi connectivity index (χ1n) is 11.2. The second kappa shape index (κ2) is 13.2. The lowest BCUT2D eigenvalue weighted by molar-refractivity contribution is -0.144. The van der Waals surface area contributed by atoms with Gasteiger partial charge in [0.25, 0.3) is 0 Å². The average Bonchev–Trinajstić information content (AvgIpc) is 2.73. The summed E-state index contributed by atoms with van der Waals surface area (Å²) in [6.45, 7) is 10.7. The number of alkyl carbamates (subject to hydrolysis) is 1. The van der Waals surface area contributed by atoms with Crippen LogP contribution < -0.4 is 10.6 Å². The first kappa shape index (κ1) is 29.3. The van der Waals surface area contributed by atoms with Crippen LogP contribution in [0.25, 0.3) is 0 Å². The molecule has 0 aliphatic heterocycles. The summed E-state index contributed by atoms with van der Waals surface area (Å²) in [5.41, 5.74) is 1.69. The van der Waals surface area contributed by atoms with E-state index in [1.165, 1.54) is 12.0 Å². The van der Waals surface area contributed by atoms with Gasteiger partial charge in [-0.2, -0.15) is 12.6 Å². The number of ether oxygens (including phenoxy) is 2. The van der Waals surface area contributed by atoms with Crippen LogP contribution in [0.3, 0.4) is 0 Å².